The van der Waals surface area contributed by atoms with Gasteiger partial charge < -0.3 is 14.6 Å². The van der Waals surface area contributed by atoms with Crippen LogP contribution < -0.4 is 10.2 Å². The van der Waals surface area contributed by atoms with Gasteiger partial charge >= 0.3 is 6.01 Å². The number of hydrogen-bond acceptors (Lipinski definition) is 5. The molecule has 74 valence electrons. The molecule has 1 rings (SSSR count). The van der Waals surface area contributed by atoms with E-state index >= 15 is 0 Å². The highest BCUT2D eigenvalue weighted by molar-refractivity contribution is 5.20. The van der Waals surface area contributed by atoms with Gasteiger partial charge in [-0.25, -0.2) is 0 Å². The number of hydrogen-bond donors (Lipinski definition) is 1. The Labute approximate surface area is 78.1 Å². The molecule has 5 nitrogen and oxygen atoms in total. The number of nitrogens with one attached hydrogen (secondary N) is 1. The lowest BCUT2D eigenvalue weighted by atomic mass is 10.6. The number of aromatic nitrogens is 2. The van der Waals surface area contributed by atoms with Gasteiger partial charge in [-0.3, -0.25) is 0 Å². The van der Waals surface area contributed by atoms with Crippen molar-refractivity contribution in [1.29, 1.82) is 0 Å². The van der Waals surface area contributed by atoms with Crippen molar-refractivity contribution < 1.29 is 4.42 Å². The summed E-state index contributed by atoms with van der Waals surface area (Å²) < 4.78 is 5.38. The van der Waals surface area contributed by atoms with E-state index in [4.69, 9.17) is 4.42 Å². The van der Waals surface area contributed by atoms with Crippen molar-refractivity contribution in [2.24, 2.45) is 0 Å². The van der Waals surface area contributed by atoms with Crippen LogP contribution in [0.3, 0.4) is 0 Å². The molecule has 0 unspecified atom stereocenters. The number of anilines is 1. The minimum atomic E-state index is 0.579. The maximum absolute atomic E-state index is 5.38. The van der Waals surface area contributed by atoms with Crippen LogP contribution in [-0.2, 0) is 6.54 Å². The molecule has 0 fully saturated rings. The van der Waals surface area contributed by atoms with Gasteiger partial charge in [0.2, 0.25) is 5.89 Å². The molecule has 0 atom stereocenters. The minimum Gasteiger partial charge on any atom is -0.407 e. The predicted octanol–water partition coefficient (Wildman–Crippen LogP) is 0.635. The summed E-state index contributed by atoms with van der Waals surface area (Å²) in [5.41, 5.74) is 0. The van der Waals surface area contributed by atoms with Crippen LogP contribution in [0.15, 0.2) is 4.42 Å². The Morgan fingerprint density at radius 2 is 2.15 bits per heavy atom. The average molecular weight is 184 g/mol. The molecule has 0 radical (unpaired) electrons. The van der Waals surface area contributed by atoms with E-state index in [1.54, 1.807) is 0 Å². The molecule has 0 amide bonds. The normalized spacial score (nSPS) is 10.4. The van der Waals surface area contributed by atoms with E-state index in [2.05, 4.69) is 15.5 Å². The topological polar surface area (TPSA) is 54.2 Å². The molecule has 13 heavy (non-hydrogen) atoms. The van der Waals surface area contributed by atoms with Crippen LogP contribution in [0.25, 0.3) is 0 Å². The van der Waals surface area contributed by atoms with Gasteiger partial charge in [-0.2, -0.15) is 0 Å². The summed E-state index contributed by atoms with van der Waals surface area (Å²) in [5.74, 6) is 0.636. The van der Waals surface area contributed by atoms with Crippen LogP contribution in [-0.4, -0.2) is 30.3 Å². The highest BCUT2D eigenvalue weighted by atomic mass is 16.4. The van der Waals surface area contributed by atoms with Gasteiger partial charge in [0.15, 0.2) is 0 Å². The Bertz CT molecular complexity index is 248. The van der Waals surface area contributed by atoms with Crippen LogP contribution in [0, 0.1) is 0 Å². The van der Waals surface area contributed by atoms with Gasteiger partial charge in [-0.05, 0) is 13.5 Å². The van der Waals surface area contributed by atoms with Crippen molar-refractivity contribution >= 4 is 6.01 Å². The Hall–Kier alpha value is -1.10. The van der Waals surface area contributed by atoms with E-state index < -0.39 is 0 Å². The van der Waals surface area contributed by atoms with Gasteiger partial charge in [0.1, 0.15) is 0 Å². The third kappa shape index (κ3) is 2.69. The zero-order valence-corrected chi connectivity index (χ0v) is 8.37. The van der Waals surface area contributed by atoms with Gasteiger partial charge in [-0.15, -0.1) is 5.10 Å². The third-order valence-corrected chi connectivity index (χ3v) is 1.78. The second-order valence-electron chi connectivity index (χ2n) is 2.77. The summed E-state index contributed by atoms with van der Waals surface area (Å²) in [7, 11) is 1.92. The van der Waals surface area contributed by atoms with Crippen molar-refractivity contribution in [3.05, 3.63) is 5.89 Å². The van der Waals surface area contributed by atoms with E-state index in [9.17, 15) is 0 Å². The molecule has 0 aromatic carbocycles. The maximum Gasteiger partial charge on any atom is 0.317 e. The molecule has 0 aliphatic rings. The summed E-state index contributed by atoms with van der Waals surface area (Å²) >= 11 is 0. The highest BCUT2D eigenvalue weighted by Gasteiger charge is 2.07. The summed E-state index contributed by atoms with van der Waals surface area (Å²) in [6.07, 6.45) is 0. The van der Waals surface area contributed by atoms with Crippen LogP contribution in [0.5, 0.6) is 0 Å². The number of nitrogens with zero attached hydrogens (tertiary/aromatic N) is 3. The van der Waals surface area contributed by atoms with Gasteiger partial charge in [0, 0.05) is 13.6 Å². The molecule has 0 saturated carbocycles. The van der Waals surface area contributed by atoms with E-state index in [1.165, 1.54) is 0 Å². The summed E-state index contributed by atoms with van der Waals surface area (Å²) in [4.78, 5) is 1.91. The Kier molecular flexibility index (Phi) is 3.70. The van der Waals surface area contributed by atoms with Crippen molar-refractivity contribution in [3.63, 3.8) is 0 Å². The van der Waals surface area contributed by atoms with E-state index in [0.717, 1.165) is 13.1 Å². The molecule has 0 bridgehead atoms. The van der Waals surface area contributed by atoms with Crippen LogP contribution in [0.1, 0.15) is 19.7 Å². The molecular formula is C8H16N4O. The molecule has 1 heterocycles. The molecule has 0 aliphatic carbocycles. The van der Waals surface area contributed by atoms with E-state index in [-0.39, 0.29) is 0 Å². The maximum atomic E-state index is 5.38. The Morgan fingerprint density at radius 3 is 2.77 bits per heavy atom. The number of rotatable bonds is 5. The standard InChI is InChI=1S/C8H16N4O/c1-4-9-6-7-10-11-8(13-7)12(3)5-2/h9H,4-6H2,1-3H3. The smallest absolute Gasteiger partial charge is 0.317 e. The highest BCUT2D eigenvalue weighted by Crippen LogP contribution is 2.08. The lowest BCUT2D eigenvalue weighted by Crippen LogP contribution is -2.16. The molecular weight excluding hydrogens is 168 g/mol. The van der Waals surface area contributed by atoms with Gasteiger partial charge in [0.25, 0.3) is 0 Å². The SMILES string of the molecule is CCNCc1nnc(N(C)CC)o1. The van der Waals surface area contributed by atoms with Crippen LogP contribution in [0.4, 0.5) is 6.01 Å². The summed E-state index contributed by atoms with van der Waals surface area (Å²) in [6, 6.07) is 0.579. The summed E-state index contributed by atoms with van der Waals surface area (Å²) in [6.45, 7) is 6.48. The fourth-order valence-electron chi connectivity index (χ4n) is 0.838. The lowest BCUT2D eigenvalue weighted by molar-refractivity contribution is 0.470. The molecule has 0 spiro atoms. The predicted molar refractivity (Wildman–Crippen MR) is 50.6 cm³/mol. The van der Waals surface area contributed by atoms with Crippen molar-refractivity contribution in [2.75, 3.05) is 25.0 Å². The van der Waals surface area contributed by atoms with Crippen LogP contribution in [0.2, 0.25) is 0 Å². The lowest BCUT2D eigenvalue weighted by Gasteiger charge is -2.08. The van der Waals surface area contributed by atoms with E-state index in [1.807, 2.05) is 25.8 Å². The minimum absolute atomic E-state index is 0.579. The first-order chi connectivity index (χ1) is 6.27. The third-order valence-electron chi connectivity index (χ3n) is 1.78. The molecule has 0 aliphatic heterocycles. The van der Waals surface area contributed by atoms with Gasteiger partial charge in [-0.1, -0.05) is 12.0 Å². The zero-order chi connectivity index (χ0) is 9.68. The second kappa shape index (κ2) is 4.81. The quantitative estimate of drug-likeness (QED) is 0.727. The Morgan fingerprint density at radius 1 is 1.38 bits per heavy atom. The fraction of sp³-hybridized carbons (Fsp3) is 0.750. The Balaban J connectivity index is 2.53. The van der Waals surface area contributed by atoms with Crippen molar-refractivity contribution in [1.82, 2.24) is 15.5 Å². The van der Waals surface area contributed by atoms with Gasteiger partial charge in [0.05, 0.1) is 6.54 Å². The largest absolute Gasteiger partial charge is 0.407 e. The second-order valence-corrected chi connectivity index (χ2v) is 2.77. The first-order valence-electron chi connectivity index (χ1n) is 4.52. The summed E-state index contributed by atoms with van der Waals surface area (Å²) in [5, 5.41) is 10.9. The van der Waals surface area contributed by atoms with Crippen LogP contribution >= 0.6 is 0 Å². The molecule has 0 saturated heterocycles. The average Bonchev–Trinajstić information content (AvgIpc) is 2.62. The fourth-order valence-corrected chi connectivity index (χ4v) is 0.838. The van der Waals surface area contributed by atoms with E-state index in [0.29, 0.717) is 18.5 Å². The van der Waals surface area contributed by atoms with Crippen molar-refractivity contribution in [2.45, 2.75) is 20.4 Å². The zero-order valence-electron chi connectivity index (χ0n) is 8.37. The molecule has 5 heteroatoms. The first-order valence-corrected chi connectivity index (χ1v) is 4.52. The van der Waals surface area contributed by atoms with Crippen molar-refractivity contribution in [3.8, 4) is 0 Å². The first kappa shape index (κ1) is 9.98. The molecule has 1 aromatic heterocycles. The molecule has 1 aromatic rings. The monoisotopic (exact) mass is 184 g/mol. The molecule has 1 N–H and O–H groups in total.